The third kappa shape index (κ3) is 4.96. The summed E-state index contributed by atoms with van der Waals surface area (Å²) in [6, 6.07) is 6.37. The van der Waals surface area contributed by atoms with Gasteiger partial charge in [-0.05, 0) is 44.0 Å². The van der Waals surface area contributed by atoms with Gasteiger partial charge < -0.3 is 20.0 Å². The third-order valence-electron chi connectivity index (χ3n) is 5.65. The van der Waals surface area contributed by atoms with Crippen molar-refractivity contribution in [2.45, 2.75) is 32.7 Å². The fourth-order valence-electron chi connectivity index (χ4n) is 4.11. The number of amides is 2. The van der Waals surface area contributed by atoms with Gasteiger partial charge in [0.2, 0.25) is 5.91 Å². The molecule has 160 valence electrons. The van der Waals surface area contributed by atoms with E-state index in [1.54, 1.807) is 23.5 Å². The molecule has 0 aliphatic carbocycles. The molecule has 0 atom stereocenters. The minimum atomic E-state index is -0.250. The summed E-state index contributed by atoms with van der Waals surface area (Å²) in [4.78, 5) is 41.8. The van der Waals surface area contributed by atoms with E-state index in [0.29, 0.717) is 31.6 Å². The third-order valence-corrected chi connectivity index (χ3v) is 6.47. The van der Waals surface area contributed by atoms with Gasteiger partial charge in [-0.25, -0.2) is 4.98 Å². The summed E-state index contributed by atoms with van der Waals surface area (Å²) in [6.07, 6.45) is 2.25. The first-order chi connectivity index (χ1) is 14.4. The number of aromatic nitrogens is 1. The molecular formula is C21H25N3O5S. The number of phenolic OH excluding ortho intramolecular Hbond substituents is 1. The number of aryl methyl sites for hydroxylation is 1. The van der Waals surface area contributed by atoms with Gasteiger partial charge in [-0.15, -0.1) is 11.3 Å². The van der Waals surface area contributed by atoms with Crippen molar-refractivity contribution in [3.8, 4) is 5.75 Å². The molecule has 2 saturated heterocycles. The van der Waals surface area contributed by atoms with Crippen LogP contribution in [0, 0.1) is 12.3 Å². The monoisotopic (exact) mass is 431 g/mol. The number of aromatic hydroxyl groups is 1. The number of thiazole rings is 1. The molecule has 30 heavy (non-hydrogen) atoms. The Morgan fingerprint density at radius 2 is 1.90 bits per heavy atom. The van der Waals surface area contributed by atoms with Crippen molar-refractivity contribution in [1.82, 2.24) is 14.8 Å². The summed E-state index contributed by atoms with van der Waals surface area (Å²) in [6.45, 7) is 4.39. The van der Waals surface area contributed by atoms with E-state index in [-0.39, 0.29) is 29.5 Å². The molecule has 0 bridgehead atoms. The lowest BCUT2D eigenvalue weighted by molar-refractivity contribution is -0.128. The average molecular weight is 432 g/mol. The van der Waals surface area contributed by atoms with Gasteiger partial charge in [0, 0.05) is 42.4 Å². The number of hydrogen-bond acceptors (Lipinski definition) is 6. The van der Waals surface area contributed by atoms with Gasteiger partial charge in [-0.2, -0.15) is 0 Å². The molecular weight excluding hydrogens is 406 g/mol. The zero-order valence-corrected chi connectivity index (χ0v) is 17.6. The molecule has 2 N–H and O–H groups in total. The van der Waals surface area contributed by atoms with E-state index in [1.165, 1.54) is 12.1 Å². The van der Waals surface area contributed by atoms with E-state index in [2.05, 4.69) is 4.98 Å². The molecule has 0 radical (unpaired) electrons. The van der Waals surface area contributed by atoms with Crippen molar-refractivity contribution >= 4 is 29.6 Å². The number of carboxylic acid groups (broad SMARTS) is 1. The highest BCUT2D eigenvalue weighted by molar-refractivity contribution is 7.09. The summed E-state index contributed by atoms with van der Waals surface area (Å²) >= 11 is 1.61. The minimum absolute atomic E-state index is 0.0102. The van der Waals surface area contributed by atoms with E-state index < -0.39 is 0 Å². The summed E-state index contributed by atoms with van der Waals surface area (Å²) in [5.41, 5.74) is 1.53. The van der Waals surface area contributed by atoms with Crippen LogP contribution in [0.4, 0.5) is 0 Å². The summed E-state index contributed by atoms with van der Waals surface area (Å²) in [7, 11) is 0. The lowest BCUT2D eigenvalue weighted by Gasteiger charge is -2.38. The number of phenols is 1. The Morgan fingerprint density at radius 1 is 1.27 bits per heavy atom. The van der Waals surface area contributed by atoms with Crippen LogP contribution in [0.2, 0.25) is 0 Å². The predicted octanol–water partition coefficient (Wildman–Crippen LogP) is 2.51. The second-order valence-electron chi connectivity index (χ2n) is 7.73. The molecule has 2 amide bonds. The van der Waals surface area contributed by atoms with Gasteiger partial charge in [0.05, 0.1) is 17.2 Å². The van der Waals surface area contributed by atoms with Gasteiger partial charge in [0.15, 0.2) is 0 Å². The Labute approximate surface area is 178 Å². The SMILES string of the molecule is Cc1nc(CN2CC3(CCN(C(=O)c4ccc(O)cc4)CC3)CC2=O)cs1.O=CO. The number of nitrogens with zero attached hydrogens (tertiary/aromatic N) is 3. The van der Waals surface area contributed by atoms with Crippen LogP contribution in [0.5, 0.6) is 5.75 Å². The molecule has 2 aliphatic rings. The van der Waals surface area contributed by atoms with Gasteiger partial charge in [-0.1, -0.05) is 0 Å². The van der Waals surface area contributed by atoms with E-state index in [1.807, 2.05) is 22.1 Å². The second kappa shape index (κ2) is 9.25. The number of benzene rings is 1. The first-order valence-electron chi connectivity index (χ1n) is 9.71. The molecule has 9 heteroatoms. The largest absolute Gasteiger partial charge is 0.508 e. The van der Waals surface area contributed by atoms with Crippen LogP contribution >= 0.6 is 11.3 Å². The maximum absolute atomic E-state index is 12.6. The minimum Gasteiger partial charge on any atom is -0.508 e. The van der Waals surface area contributed by atoms with Crippen LogP contribution in [0.1, 0.15) is 40.3 Å². The van der Waals surface area contributed by atoms with E-state index in [4.69, 9.17) is 9.90 Å². The normalized spacial score (nSPS) is 17.6. The fraction of sp³-hybridized carbons (Fsp3) is 0.429. The van der Waals surface area contributed by atoms with Crippen molar-refractivity contribution < 1.29 is 24.6 Å². The maximum atomic E-state index is 12.6. The molecule has 3 heterocycles. The number of likely N-dealkylation sites (tertiary alicyclic amines) is 2. The van der Waals surface area contributed by atoms with Crippen LogP contribution in [0.25, 0.3) is 0 Å². The van der Waals surface area contributed by atoms with Crippen molar-refractivity contribution in [3.05, 3.63) is 45.9 Å². The summed E-state index contributed by atoms with van der Waals surface area (Å²) in [5, 5.41) is 19.3. The first-order valence-corrected chi connectivity index (χ1v) is 10.6. The number of piperidine rings is 1. The van der Waals surface area contributed by atoms with Crippen LogP contribution in [0.15, 0.2) is 29.6 Å². The van der Waals surface area contributed by atoms with Gasteiger partial charge in [0.1, 0.15) is 5.75 Å². The standard InChI is InChI=1S/C20H23N3O3S.CH2O2/c1-14-21-16(12-27-14)11-23-13-20(10-18(23)25)6-8-22(9-7-20)19(26)15-2-4-17(24)5-3-15;2-1-3/h2-5,12,24H,6-11,13H2,1H3;1H,(H,2,3). The highest BCUT2D eigenvalue weighted by atomic mass is 32.1. The first kappa shape index (κ1) is 21.8. The van der Waals surface area contributed by atoms with E-state index in [0.717, 1.165) is 30.1 Å². The quantitative estimate of drug-likeness (QED) is 0.723. The molecule has 8 nitrogen and oxygen atoms in total. The van der Waals surface area contributed by atoms with Gasteiger partial charge >= 0.3 is 0 Å². The summed E-state index contributed by atoms with van der Waals surface area (Å²) < 4.78 is 0. The van der Waals surface area contributed by atoms with Crippen LogP contribution in [-0.4, -0.2) is 62.9 Å². The van der Waals surface area contributed by atoms with Crippen molar-refractivity contribution in [2.75, 3.05) is 19.6 Å². The molecule has 0 unspecified atom stereocenters. The molecule has 1 spiro atoms. The van der Waals surface area contributed by atoms with Crippen molar-refractivity contribution in [1.29, 1.82) is 0 Å². The Bertz CT molecular complexity index is 904. The molecule has 1 aromatic heterocycles. The van der Waals surface area contributed by atoms with Crippen LogP contribution < -0.4 is 0 Å². The Hall–Kier alpha value is -2.94. The highest BCUT2D eigenvalue weighted by Gasteiger charge is 2.45. The topological polar surface area (TPSA) is 111 Å². The lowest BCUT2D eigenvalue weighted by Crippen LogP contribution is -2.44. The zero-order chi connectivity index (χ0) is 21.7. The molecule has 4 rings (SSSR count). The second-order valence-corrected chi connectivity index (χ2v) is 8.79. The average Bonchev–Trinajstić information content (AvgIpc) is 3.26. The maximum Gasteiger partial charge on any atom is 0.290 e. The van der Waals surface area contributed by atoms with Crippen LogP contribution in [-0.2, 0) is 16.1 Å². The molecule has 2 aromatic rings. The smallest absolute Gasteiger partial charge is 0.290 e. The molecule has 2 fully saturated rings. The molecule has 2 aliphatic heterocycles. The predicted molar refractivity (Wildman–Crippen MR) is 111 cm³/mol. The fourth-order valence-corrected chi connectivity index (χ4v) is 4.71. The number of hydrogen-bond donors (Lipinski definition) is 2. The Balaban J connectivity index is 0.000000806. The van der Waals surface area contributed by atoms with Crippen LogP contribution in [0.3, 0.4) is 0 Å². The zero-order valence-electron chi connectivity index (χ0n) is 16.8. The Morgan fingerprint density at radius 3 is 2.47 bits per heavy atom. The van der Waals surface area contributed by atoms with Gasteiger partial charge in [0.25, 0.3) is 12.4 Å². The lowest BCUT2D eigenvalue weighted by atomic mass is 9.77. The van der Waals surface area contributed by atoms with Gasteiger partial charge in [-0.3, -0.25) is 14.4 Å². The number of rotatable bonds is 3. The highest BCUT2D eigenvalue weighted by Crippen LogP contribution is 2.41. The van der Waals surface area contributed by atoms with Crippen molar-refractivity contribution in [2.24, 2.45) is 5.41 Å². The Kier molecular flexibility index (Phi) is 6.71. The molecule has 0 saturated carbocycles. The van der Waals surface area contributed by atoms with Crippen molar-refractivity contribution in [3.63, 3.8) is 0 Å². The van der Waals surface area contributed by atoms with E-state index >= 15 is 0 Å². The van der Waals surface area contributed by atoms with E-state index in [9.17, 15) is 14.7 Å². The summed E-state index contributed by atoms with van der Waals surface area (Å²) in [5.74, 6) is 0.340. The molecule has 1 aromatic carbocycles. The number of carbonyl (C=O) groups excluding carboxylic acids is 2. The number of carbonyl (C=O) groups is 3.